The zero-order valence-corrected chi connectivity index (χ0v) is 31.7. The normalized spacial score (nSPS) is 13.4. The summed E-state index contributed by atoms with van der Waals surface area (Å²) >= 11 is 5.80. The Balaban J connectivity index is -0.000000654. The van der Waals surface area contributed by atoms with Crippen LogP contribution < -0.4 is 10.9 Å². The van der Waals surface area contributed by atoms with E-state index < -0.39 is 83.2 Å². The first-order valence-corrected chi connectivity index (χ1v) is 16.5. The molecule has 0 amide bonds. The van der Waals surface area contributed by atoms with Gasteiger partial charge < -0.3 is 13.7 Å². The zero-order valence-electron chi connectivity index (χ0n) is 25.0. The molecule has 0 spiro atoms. The van der Waals surface area contributed by atoms with Gasteiger partial charge in [-0.15, -0.1) is 0 Å². The molecule has 0 bridgehead atoms. The molecule has 0 saturated carbocycles. The molecular formula is C21H14BiClF18N2O9S3. The first-order chi connectivity index (χ1) is 23.6. The second-order valence-corrected chi connectivity index (χ2v) is 13.6. The van der Waals surface area contributed by atoms with E-state index in [0.717, 1.165) is 11.4 Å². The van der Waals surface area contributed by atoms with Crippen LogP contribution in [-0.2, 0) is 30.4 Å². The molecule has 2 rings (SSSR count). The molecule has 0 unspecified atom stereocenters. The Bertz CT molecular complexity index is 1690. The monoisotopic (exact) mass is 1120 g/mol. The van der Waals surface area contributed by atoms with Crippen molar-refractivity contribution in [2.75, 3.05) is 5.01 Å². The number of alkyl halides is 18. The van der Waals surface area contributed by atoms with E-state index in [1.165, 1.54) is 0 Å². The Labute approximate surface area is 319 Å². The molecule has 0 heterocycles. The van der Waals surface area contributed by atoms with E-state index in [1.54, 1.807) is 5.01 Å². The first-order valence-electron chi connectivity index (χ1n) is 11.9. The average molecular weight is 1120 g/mol. The topological polar surface area (TPSA) is 201 Å². The summed E-state index contributed by atoms with van der Waals surface area (Å²) in [6, 6.07) is 17.2. The van der Waals surface area contributed by atoms with E-state index in [-0.39, 0.29) is 26.2 Å². The molecule has 0 atom stereocenters. The molecule has 2 N–H and O–H groups in total. The van der Waals surface area contributed by atoms with Crippen molar-refractivity contribution in [2.45, 2.75) is 52.8 Å². The molecule has 0 aromatic heterocycles. The number of nitrogens with zero attached hydrogens (tertiary/aromatic N) is 1. The van der Waals surface area contributed by atoms with Gasteiger partial charge in [-0.2, -0.15) is 52.7 Å². The second kappa shape index (κ2) is 20.0. The maximum absolute atomic E-state index is 11.8. The number of nitrogens with two attached hydrogens (primary N) is 1. The summed E-state index contributed by atoms with van der Waals surface area (Å²) in [7, 11) is -20.5. The number of halogens is 19. The van der Waals surface area contributed by atoms with Gasteiger partial charge >= 0.3 is 79.0 Å². The molecule has 55 heavy (non-hydrogen) atoms. The van der Waals surface area contributed by atoms with Crippen LogP contribution in [0.2, 0.25) is 5.02 Å². The van der Waals surface area contributed by atoms with Crippen LogP contribution in [0.1, 0.15) is 0 Å². The Hall–Kier alpha value is -2.16. The molecule has 0 aliphatic rings. The summed E-state index contributed by atoms with van der Waals surface area (Å²) in [6.07, 6.45) is -14.8. The third-order valence-corrected chi connectivity index (χ3v) is 8.02. The molecule has 2 aromatic rings. The summed E-state index contributed by atoms with van der Waals surface area (Å²) in [5, 5.41) is -16.6. The number of hydrazine groups is 1. The van der Waals surface area contributed by atoms with Crippen LogP contribution in [0.3, 0.4) is 0 Å². The van der Waals surface area contributed by atoms with Crippen LogP contribution in [0.5, 0.6) is 0 Å². The number of hydrogen-bond acceptors (Lipinski definition) is 11. The number of hydrogen-bond donors (Lipinski definition) is 1. The van der Waals surface area contributed by atoms with Crippen molar-refractivity contribution in [1.82, 2.24) is 0 Å². The van der Waals surface area contributed by atoms with Crippen LogP contribution >= 0.6 is 11.6 Å². The van der Waals surface area contributed by atoms with Gasteiger partial charge in [-0.05, 0) is 36.4 Å². The van der Waals surface area contributed by atoms with Gasteiger partial charge in [0.05, 0.1) is 11.4 Å². The summed E-state index contributed by atoms with van der Waals surface area (Å²) in [5.74, 6) is -12.6. The van der Waals surface area contributed by atoms with Gasteiger partial charge in [0.15, 0.2) is 30.4 Å². The molecule has 0 saturated heterocycles. The predicted molar refractivity (Wildman–Crippen MR) is 147 cm³/mol. The van der Waals surface area contributed by atoms with Gasteiger partial charge in [-0.25, -0.2) is 57.4 Å². The number of anilines is 2. The minimum atomic E-state index is -6.82. The van der Waals surface area contributed by atoms with Crippen molar-refractivity contribution >= 4 is 79.5 Å². The third-order valence-electron chi connectivity index (χ3n) is 5.07. The van der Waals surface area contributed by atoms with E-state index in [1.807, 2.05) is 54.6 Å². The van der Waals surface area contributed by atoms with Crippen LogP contribution in [-0.4, -0.2) is 118 Å². The summed E-state index contributed by atoms with van der Waals surface area (Å²) in [6.45, 7) is 0. The Morgan fingerprint density at radius 1 is 0.491 bits per heavy atom. The maximum atomic E-state index is 11.8. The quantitative estimate of drug-likeness (QED) is 0.0904. The number of benzene rings is 2. The fraction of sp³-hybridized carbons (Fsp3) is 0.429. The van der Waals surface area contributed by atoms with E-state index in [4.69, 9.17) is 17.4 Å². The maximum Gasteiger partial charge on any atom is 3.00 e. The molecule has 2 radical (unpaired) electrons. The van der Waals surface area contributed by atoms with Crippen LogP contribution in [0.15, 0.2) is 54.6 Å². The fourth-order valence-electron chi connectivity index (χ4n) is 2.22. The van der Waals surface area contributed by atoms with E-state index in [9.17, 15) is 118 Å². The smallest absolute Gasteiger partial charge is 0.743 e. The van der Waals surface area contributed by atoms with Gasteiger partial charge in [-0.3, -0.25) is 5.01 Å². The van der Waals surface area contributed by atoms with Crippen molar-refractivity contribution in [3.63, 3.8) is 0 Å². The van der Waals surface area contributed by atoms with Crippen molar-refractivity contribution in [1.29, 1.82) is 0 Å². The molecule has 0 fully saturated rings. The third kappa shape index (κ3) is 14.0. The van der Waals surface area contributed by atoms with Gasteiger partial charge in [0.25, 0.3) is 0 Å². The fourth-order valence-corrected chi connectivity index (χ4v) is 3.61. The van der Waals surface area contributed by atoms with Crippen molar-refractivity contribution in [2.24, 2.45) is 5.84 Å². The summed E-state index contributed by atoms with van der Waals surface area (Å²) in [4.78, 5) is 0. The van der Waals surface area contributed by atoms with E-state index in [2.05, 4.69) is 0 Å². The Morgan fingerprint density at radius 3 is 0.891 bits per heavy atom. The summed E-state index contributed by atoms with van der Waals surface area (Å²) < 4.78 is 294. The first kappa shape index (κ1) is 57.2. The van der Waals surface area contributed by atoms with Crippen molar-refractivity contribution < 1.29 is 118 Å². The Kier molecular flexibility index (Phi) is 20.8. The molecule has 0 aliphatic carbocycles. The molecule has 318 valence electrons. The largest absolute Gasteiger partial charge is 3.00 e. The molecule has 0 aliphatic heterocycles. The molecule has 34 heteroatoms. The van der Waals surface area contributed by atoms with Crippen molar-refractivity contribution in [3.05, 3.63) is 59.6 Å². The molecular weight excluding hydrogens is 1110 g/mol. The summed E-state index contributed by atoms with van der Waals surface area (Å²) in [5.41, 5.74) is 1.85. The Morgan fingerprint density at radius 2 is 0.709 bits per heavy atom. The minimum absolute atomic E-state index is 0. The minimum Gasteiger partial charge on any atom is -0.743 e. The van der Waals surface area contributed by atoms with E-state index in [0.29, 0.717) is 5.02 Å². The zero-order chi connectivity index (χ0) is 43.9. The molecule has 2 aromatic carbocycles. The second-order valence-electron chi connectivity index (χ2n) is 8.87. The SMILES string of the molecule is NN(c1ccccc1)c1ccc(Cl)cc1.O=S(=O)([O-])C(F)(F)C(F)(F)C(F)F.O=S(=O)([O-])C(F)(F)C(F)(F)C(F)F.O=S(=O)([O-])C(F)(F)C(F)(F)C(F)F.[Bi+3]. The predicted octanol–water partition coefficient (Wildman–Crippen LogP) is 6.05. The van der Waals surface area contributed by atoms with Gasteiger partial charge in [0.1, 0.15) is 0 Å². The average Bonchev–Trinajstić information content (AvgIpc) is 3.00. The van der Waals surface area contributed by atoms with E-state index >= 15 is 0 Å². The van der Waals surface area contributed by atoms with Crippen LogP contribution in [0, 0.1) is 0 Å². The van der Waals surface area contributed by atoms with Crippen molar-refractivity contribution in [3.8, 4) is 0 Å². The molecule has 11 nitrogen and oxygen atoms in total. The van der Waals surface area contributed by atoms with Crippen LogP contribution in [0.25, 0.3) is 0 Å². The standard InChI is InChI=1S/C12H11ClN2.3C3H2F6O3S.Bi/c13-10-6-8-12(9-7-10)15(14)11-4-2-1-3-5-11;3*4-1(5)2(6,7)3(8,9)13(10,11)12;/h1-9H,14H2;3*1H,(H,10,11,12);/q;;;;+3/p-3. The number of rotatable bonds is 11. The van der Waals surface area contributed by atoms with Gasteiger partial charge in [0, 0.05) is 5.02 Å². The van der Waals surface area contributed by atoms with Gasteiger partial charge in [0.2, 0.25) is 0 Å². The van der Waals surface area contributed by atoms with Gasteiger partial charge in [-0.1, -0.05) is 29.8 Å². The number of para-hydroxylation sites is 1. The van der Waals surface area contributed by atoms with Crippen LogP contribution in [0.4, 0.5) is 90.4 Å².